The van der Waals surface area contributed by atoms with Gasteiger partial charge in [0.05, 0.1) is 5.60 Å². The second-order valence-corrected chi connectivity index (χ2v) is 8.58. The summed E-state index contributed by atoms with van der Waals surface area (Å²) in [7, 11) is 0. The van der Waals surface area contributed by atoms with Crippen molar-refractivity contribution in [1.82, 2.24) is 0 Å². The van der Waals surface area contributed by atoms with Crippen molar-refractivity contribution in [3.05, 3.63) is 12.2 Å². The SMILES string of the molecule is C=C(C)C(=O)OC(C)OC(C)(C)C12CC3CC(CC(C3)C1)C2. The van der Waals surface area contributed by atoms with Gasteiger partial charge in [-0.3, -0.25) is 0 Å². The molecule has 0 spiro atoms. The van der Waals surface area contributed by atoms with Crippen LogP contribution < -0.4 is 0 Å². The molecule has 3 heteroatoms. The molecule has 1 atom stereocenters. The first-order valence-corrected chi connectivity index (χ1v) is 8.75. The number of rotatable bonds is 5. The Balaban J connectivity index is 1.70. The van der Waals surface area contributed by atoms with Crippen LogP contribution in [0.15, 0.2) is 12.2 Å². The lowest BCUT2D eigenvalue weighted by molar-refractivity contribution is -0.252. The summed E-state index contributed by atoms with van der Waals surface area (Å²) in [6.07, 6.45) is 7.61. The first-order chi connectivity index (χ1) is 10.2. The highest BCUT2D eigenvalue weighted by Gasteiger charge is 2.58. The van der Waals surface area contributed by atoms with E-state index in [-0.39, 0.29) is 17.0 Å². The van der Waals surface area contributed by atoms with Gasteiger partial charge in [0.15, 0.2) is 0 Å². The fourth-order valence-corrected chi connectivity index (χ4v) is 5.66. The van der Waals surface area contributed by atoms with Gasteiger partial charge in [0.2, 0.25) is 6.29 Å². The van der Waals surface area contributed by atoms with Crippen molar-refractivity contribution < 1.29 is 14.3 Å². The fraction of sp³-hybridized carbons (Fsp3) is 0.842. The molecule has 4 fully saturated rings. The first-order valence-electron chi connectivity index (χ1n) is 8.75. The highest BCUT2D eigenvalue weighted by atomic mass is 16.7. The van der Waals surface area contributed by atoms with E-state index in [9.17, 15) is 4.79 Å². The Hall–Kier alpha value is -0.830. The Morgan fingerprint density at radius 2 is 1.59 bits per heavy atom. The average molecular weight is 306 g/mol. The molecule has 0 aromatic heterocycles. The van der Waals surface area contributed by atoms with Gasteiger partial charge in [-0.05, 0) is 89.4 Å². The number of carbonyl (C=O) groups excluding carboxylic acids is 1. The van der Waals surface area contributed by atoms with Gasteiger partial charge in [0.1, 0.15) is 0 Å². The van der Waals surface area contributed by atoms with E-state index < -0.39 is 6.29 Å². The highest BCUT2D eigenvalue weighted by Crippen LogP contribution is 2.64. The minimum atomic E-state index is -0.521. The molecule has 4 rings (SSSR count). The Bertz CT molecular complexity index is 442. The largest absolute Gasteiger partial charge is 0.433 e. The second kappa shape index (κ2) is 5.36. The van der Waals surface area contributed by atoms with E-state index >= 15 is 0 Å². The topological polar surface area (TPSA) is 35.5 Å². The van der Waals surface area contributed by atoms with Crippen molar-refractivity contribution in [3.8, 4) is 0 Å². The maximum Gasteiger partial charge on any atom is 0.335 e. The van der Waals surface area contributed by atoms with Gasteiger partial charge < -0.3 is 9.47 Å². The summed E-state index contributed by atoms with van der Waals surface area (Å²) in [5.74, 6) is 2.31. The molecule has 4 saturated carbocycles. The van der Waals surface area contributed by atoms with Crippen LogP contribution in [-0.2, 0) is 14.3 Å². The van der Waals surface area contributed by atoms with Crippen molar-refractivity contribution in [2.45, 2.75) is 78.1 Å². The summed E-state index contributed by atoms with van der Waals surface area (Å²) < 4.78 is 11.6. The van der Waals surface area contributed by atoms with Crippen molar-refractivity contribution >= 4 is 5.97 Å². The van der Waals surface area contributed by atoms with E-state index in [1.54, 1.807) is 6.92 Å². The van der Waals surface area contributed by atoms with Gasteiger partial charge in [-0.1, -0.05) is 6.58 Å². The molecule has 4 aliphatic carbocycles. The fourth-order valence-electron chi connectivity index (χ4n) is 5.66. The number of esters is 1. The van der Waals surface area contributed by atoms with Crippen LogP contribution in [0.5, 0.6) is 0 Å². The van der Waals surface area contributed by atoms with Crippen molar-refractivity contribution in [2.75, 3.05) is 0 Å². The molecule has 1 unspecified atom stereocenters. The van der Waals surface area contributed by atoms with Crippen LogP contribution in [0.4, 0.5) is 0 Å². The van der Waals surface area contributed by atoms with Crippen LogP contribution in [-0.4, -0.2) is 17.9 Å². The third-order valence-electron chi connectivity index (χ3n) is 6.40. The van der Waals surface area contributed by atoms with Gasteiger partial charge in [-0.2, -0.15) is 0 Å². The minimum absolute atomic E-state index is 0.252. The molecule has 4 aliphatic rings. The summed E-state index contributed by atoms with van der Waals surface area (Å²) in [6.45, 7) is 11.5. The van der Waals surface area contributed by atoms with Crippen LogP contribution in [0, 0.1) is 23.2 Å². The predicted molar refractivity (Wildman–Crippen MR) is 86.1 cm³/mol. The molecule has 0 N–H and O–H groups in total. The molecule has 0 aromatic carbocycles. The monoisotopic (exact) mass is 306 g/mol. The van der Waals surface area contributed by atoms with E-state index in [2.05, 4.69) is 20.4 Å². The van der Waals surface area contributed by atoms with E-state index in [1.807, 2.05) is 6.92 Å². The van der Waals surface area contributed by atoms with Crippen LogP contribution >= 0.6 is 0 Å². The maximum absolute atomic E-state index is 11.7. The van der Waals surface area contributed by atoms with Gasteiger partial charge in [-0.25, -0.2) is 4.79 Å². The van der Waals surface area contributed by atoms with E-state index in [1.165, 1.54) is 38.5 Å². The van der Waals surface area contributed by atoms with Gasteiger partial charge in [0, 0.05) is 5.57 Å². The Morgan fingerprint density at radius 3 is 2.00 bits per heavy atom. The van der Waals surface area contributed by atoms with Gasteiger partial charge in [0.25, 0.3) is 0 Å². The molecule has 4 bridgehead atoms. The summed E-state index contributed by atoms with van der Waals surface area (Å²) in [6, 6.07) is 0. The molecule has 0 aliphatic heterocycles. The van der Waals surface area contributed by atoms with Crippen molar-refractivity contribution in [1.29, 1.82) is 0 Å². The van der Waals surface area contributed by atoms with Crippen LogP contribution in [0.25, 0.3) is 0 Å². The molecule has 124 valence electrons. The summed E-state index contributed by atoms with van der Waals surface area (Å²) >= 11 is 0. The molecule has 22 heavy (non-hydrogen) atoms. The van der Waals surface area contributed by atoms with Crippen LogP contribution in [0.3, 0.4) is 0 Å². The summed E-state index contributed by atoms with van der Waals surface area (Å²) in [4.78, 5) is 11.7. The summed E-state index contributed by atoms with van der Waals surface area (Å²) in [5.41, 5.74) is 0.437. The molecule has 0 heterocycles. The molecule has 0 amide bonds. The summed E-state index contributed by atoms with van der Waals surface area (Å²) in [5, 5.41) is 0. The lowest BCUT2D eigenvalue weighted by atomic mass is 9.46. The third kappa shape index (κ3) is 2.73. The van der Waals surface area contributed by atoms with Crippen molar-refractivity contribution in [3.63, 3.8) is 0 Å². The quantitative estimate of drug-likeness (QED) is 0.427. The highest BCUT2D eigenvalue weighted by molar-refractivity contribution is 5.86. The maximum atomic E-state index is 11.7. The van der Waals surface area contributed by atoms with Crippen molar-refractivity contribution in [2.24, 2.45) is 23.2 Å². The van der Waals surface area contributed by atoms with Crippen LogP contribution in [0.2, 0.25) is 0 Å². The zero-order chi connectivity index (χ0) is 16.1. The molecule has 0 saturated heterocycles. The Kier molecular flexibility index (Phi) is 3.91. The molecule has 3 nitrogen and oxygen atoms in total. The second-order valence-electron chi connectivity index (χ2n) is 8.58. The molecule has 0 radical (unpaired) electrons. The molecular weight excluding hydrogens is 276 g/mol. The first kappa shape index (κ1) is 16.0. The molecular formula is C19H30O3. The zero-order valence-corrected chi connectivity index (χ0v) is 14.5. The Labute approximate surface area is 134 Å². The molecule has 0 aromatic rings. The lowest BCUT2D eigenvalue weighted by Crippen LogP contribution is -2.57. The third-order valence-corrected chi connectivity index (χ3v) is 6.40. The number of hydrogen-bond acceptors (Lipinski definition) is 3. The number of ether oxygens (including phenoxy) is 2. The van der Waals surface area contributed by atoms with Gasteiger partial charge >= 0.3 is 5.97 Å². The average Bonchev–Trinajstić information content (AvgIpc) is 2.35. The van der Waals surface area contributed by atoms with E-state index in [4.69, 9.17) is 9.47 Å². The number of hydrogen-bond donors (Lipinski definition) is 0. The normalized spacial score (nSPS) is 37.9. The number of carbonyl (C=O) groups is 1. The van der Waals surface area contributed by atoms with Gasteiger partial charge in [-0.15, -0.1) is 0 Å². The lowest BCUT2D eigenvalue weighted by Gasteiger charge is -2.62. The zero-order valence-electron chi connectivity index (χ0n) is 14.5. The smallest absolute Gasteiger partial charge is 0.335 e. The predicted octanol–water partition coefficient (Wildman–Crippen LogP) is 4.46. The minimum Gasteiger partial charge on any atom is -0.433 e. The van der Waals surface area contributed by atoms with E-state index in [0.29, 0.717) is 5.57 Å². The van der Waals surface area contributed by atoms with Crippen LogP contribution in [0.1, 0.15) is 66.2 Å². The Morgan fingerprint density at radius 1 is 1.14 bits per heavy atom. The standard InChI is InChI=1S/C19H30O3/c1-12(2)17(20)21-13(3)22-18(4,5)19-9-14-6-15(10-19)8-16(7-14)11-19/h13-16H,1,6-11H2,2-5H3. The van der Waals surface area contributed by atoms with E-state index in [0.717, 1.165) is 17.8 Å².